The summed E-state index contributed by atoms with van der Waals surface area (Å²) in [6.07, 6.45) is 1.88. The van der Waals surface area contributed by atoms with E-state index >= 15 is 0 Å². The molecule has 0 aliphatic rings. The van der Waals surface area contributed by atoms with Crippen LogP contribution >= 0.6 is 11.3 Å². The first-order chi connectivity index (χ1) is 6.05. The largest absolute Gasteiger partial charge is 0.250 e. The van der Waals surface area contributed by atoms with Crippen LogP contribution in [-0.2, 0) is 6.42 Å². The van der Waals surface area contributed by atoms with Gasteiger partial charge in [0.15, 0.2) is 0 Å². The fourth-order valence-corrected chi connectivity index (χ4v) is 1.83. The topological polar surface area (TPSA) is 36.7 Å². The van der Waals surface area contributed by atoms with Crippen molar-refractivity contribution in [2.24, 2.45) is 5.41 Å². The van der Waals surface area contributed by atoms with Crippen LogP contribution in [0.2, 0.25) is 0 Å². The number of hydrogen-bond acceptors (Lipinski definition) is 3. The Bertz CT molecular complexity index is 320. The molecule has 0 aliphatic heterocycles. The second-order valence-corrected chi connectivity index (χ2v) is 4.80. The van der Waals surface area contributed by atoms with Gasteiger partial charge in [-0.25, -0.2) is 4.98 Å². The van der Waals surface area contributed by atoms with E-state index in [0.29, 0.717) is 0 Å². The first-order valence-corrected chi connectivity index (χ1v) is 5.23. The lowest BCUT2D eigenvalue weighted by atomic mass is 9.89. The fourth-order valence-electron chi connectivity index (χ4n) is 1.05. The number of nitrogens with zero attached hydrogens (tertiary/aromatic N) is 2. The molecule has 0 unspecified atom stereocenters. The van der Waals surface area contributed by atoms with Gasteiger partial charge in [-0.1, -0.05) is 0 Å². The highest BCUT2D eigenvalue weighted by Crippen LogP contribution is 2.24. The summed E-state index contributed by atoms with van der Waals surface area (Å²) in [7, 11) is 0. The van der Waals surface area contributed by atoms with Gasteiger partial charge < -0.3 is 0 Å². The molecule has 3 heteroatoms. The van der Waals surface area contributed by atoms with Gasteiger partial charge in [0.1, 0.15) is 0 Å². The van der Waals surface area contributed by atoms with Gasteiger partial charge in [0.05, 0.1) is 22.7 Å². The third kappa shape index (κ3) is 2.82. The summed E-state index contributed by atoms with van der Waals surface area (Å²) >= 11 is 1.68. The van der Waals surface area contributed by atoms with Crippen LogP contribution in [0.25, 0.3) is 0 Å². The van der Waals surface area contributed by atoms with Gasteiger partial charge in [-0.3, -0.25) is 0 Å². The van der Waals surface area contributed by atoms with E-state index in [1.54, 1.807) is 11.3 Å². The van der Waals surface area contributed by atoms with Crippen LogP contribution in [0.1, 0.15) is 30.8 Å². The lowest BCUT2D eigenvalue weighted by Crippen LogP contribution is -2.08. The quantitative estimate of drug-likeness (QED) is 0.741. The summed E-state index contributed by atoms with van der Waals surface area (Å²) in [5.74, 6) is 0. The minimum absolute atomic E-state index is 0.212. The van der Waals surface area contributed by atoms with E-state index in [9.17, 15) is 0 Å². The van der Waals surface area contributed by atoms with Crippen LogP contribution in [0.15, 0.2) is 5.51 Å². The molecule has 13 heavy (non-hydrogen) atoms. The van der Waals surface area contributed by atoms with Crippen molar-refractivity contribution in [3.63, 3.8) is 0 Å². The van der Waals surface area contributed by atoms with Crippen molar-refractivity contribution in [3.8, 4) is 6.07 Å². The van der Waals surface area contributed by atoms with Gasteiger partial charge in [-0.2, -0.15) is 5.26 Å². The molecule has 0 spiro atoms. The summed E-state index contributed by atoms with van der Waals surface area (Å²) in [4.78, 5) is 5.49. The van der Waals surface area contributed by atoms with E-state index in [1.165, 1.54) is 4.88 Å². The Hall–Kier alpha value is -0.880. The molecule has 0 saturated heterocycles. The van der Waals surface area contributed by atoms with Crippen LogP contribution < -0.4 is 0 Å². The Morgan fingerprint density at radius 2 is 2.31 bits per heavy atom. The molecule has 0 fully saturated rings. The van der Waals surface area contributed by atoms with E-state index in [-0.39, 0.29) is 5.41 Å². The molecule has 0 atom stereocenters. The smallest absolute Gasteiger partial charge is 0.0797 e. The SMILES string of the molecule is Cc1ncsc1CCC(C)(C)C#N. The lowest BCUT2D eigenvalue weighted by molar-refractivity contribution is 0.453. The Morgan fingerprint density at radius 1 is 1.62 bits per heavy atom. The third-order valence-corrected chi connectivity index (χ3v) is 3.12. The highest BCUT2D eigenvalue weighted by Gasteiger charge is 2.17. The molecule has 70 valence electrons. The van der Waals surface area contributed by atoms with Crippen LogP contribution in [0.3, 0.4) is 0 Å². The minimum atomic E-state index is -0.212. The lowest BCUT2D eigenvalue weighted by Gasteiger charge is -2.13. The van der Waals surface area contributed by atoms with Gasteiger partial charge in [-0.15, -0.1) is 11.3 Å². The minimum Gasteiger partial charge on any atom is -0.250 e. The van der Waals surface area contributed by atoms with E-state index in [2.05, 4.69) is 11.1 Å². The predicted octanol–water partition coefficient (Wildman–Crippen LogP) is 2.93. The second kappa shape index (κ2) is 3.89. The number of aryl methyl sites for hydroxylation is 2. The molecule has 1 aromatic rings. The van der Waals surface area contributed by atoms with Crippen LogP contribution in [0, 0.1) is 23.7 Å². The van der Waals surface area contributed by atoms with Gasteiger partial charge in [0.25, 0.3) is 0 Å². The Morgan fingerprint density at radius 3 is 2.77 bits per heavy atom. The summed E-state index contributed by atoms with van der Waals surface area (Å²) in [6.45, 7) is 5.97. The van der Waals surface area contributed by atoms with Crippen molar-refractivity contribution in [1.82, 2.24) is 4.98 Å². The van der Waals surface area contributed by atoms with Crippen molar-refractivity contribution in [2.45, 2.75) is 33.6 Å². The Balaban J connectivity index is 2.54. The molecule has 2 nitrogen and oxygen atoms in total. The molecule has 0 amide bonds. The van der Waals surface area contributed by atoms with Crippen molar-refractivity contribution in [3.05, 3.63) is 16.1 Å². The molecule has 1 heterocycles. The summed E-state index contributed by atoms with van der Waals surface area (Å²) in [6, 6.07) is 2.31. The average Bonchev–Trinajstić information content (AvgIpc) is 2.48. The molecular weight excluding hydrogens is 180 g/mol. The van der Waals surface area contributed by atoms with Crippen molar-refractivity contribution in [1.29, 1.82) is 5.26 Å². The molecule has 0 aliphatic carbocycles. The summed E-state index contributed by atoms with van der Waals surface area (Å²) in [5.41, 5.74) is 2.76. The van der Waals surface area contributed by atoms with E-state index < -0.39 is 0 Å². The first-order valence-electron chi connectivity index (χ1n) is 4.35. The predicted molar refractivity (Wildman–Crippen MR) is 54.6 cm³/mol. The van der Waals surface area contributed by atoms with E-state index in [4.69, 9.17) is 5.26 Å². The maximum Gasteiger partial charge on any atom is 0.0797 e. The van der Waals surface area contributed by atoms with E-state index in [1.807, 2.05) is 26.3 Å². The zero-order valence-corrected chi connectivity index (χ0v) is 9.11. The molecule has 0 aromatic carbocycles. The normalized spacial score (nSPS) is 11.2. The van der Waals surface area contributed by atoms with Gasteiger partial charge >= 0.3 is 0 Å². The number of thiazole rings is 1. The monoisotopic (exact) mass is 194 g/mol. The fraction of sp³-hybridized carbons (Fsp3) is 0.600. The number of hydrogen-bond donors (Lipinski definition) is 0. The third-order valence-electron chi connectivity index (χ3n) is 2.12. The molecule has 1 aromatic heterocycles. The standard InChI is InChI=1S/C10H14N2S/c1-8-9(13-7-12-8)4-5-10(2,3)6-11/h7H,4-5H2,1-3H3. The molecule has 0 N–H and O–H groups in total. The zero-order valence-electron chi connectivity index (χ0n) is 8.29. The Kier molecular flexibility index (Phi) is 3.05. The number of rotatable bonds is 3. The highest BCUT2D eigenvalue weighted by molar-refractivity contribution is 7.09. The Labute approximate surface area is 83.2 Å². The van der Waals surface area contributed by atoms with Crippen molar-refractivity contribution >= 4 is 11.3 Å². The molecule has 1 rings (SSSR count). The molecular formula is C10H14N2S. The average molecular weight is 194 g/mol. The van der Waals surface area contributed by atoms with Crippen molar-refractivity contribution in [2.75, 3.05) is 0 Å². The number of aromatic nitrogens is 1. The van der Waals surface area contributed by atoms with Gasteiger partial charge in [0.2, 0.25) is 0 Å². The maximum absolute atomic E-state index is 8.83. The van der Waals surface area contributed by atoms with Gasteiger partial charge in [0, 0.05) is 4.88 Å². The second-order valence-electron chi connectivity index (χ2n) is 3.86. The van der Waals surface area contributed by atoms with Crippen LogP contribution in [-0.4, -0.2) is 4.98 Å². The van der Waals surface area contributed by atoms with Crippen molar-refractivity contribution < 1.29 is 0 Å². The van der Waals surface area contributed by atoms with Gasteiger partial charge in [-0.05, 0) is 33.6 Å². The summed E-state index contributed by atoms with van der Waals surface area (Å²) < 4.78 is 0. The first kappa shape index (κ1) is 10.2. The zero-order chi connectivity index (χ0) is 9.90. The van der Waals surface area contributed by atoms with Crippen LogP contribution in [0.4, 0.5) is 0 Å². The molecule has 0 saturated carbocycles. The van der Waals surface area contributed by atoms with E-state index in [0.717, 1.165) is 18.5 Å². The summed E-state index contributed by atoms with van der Waals surface area (Å²) in [5, 5.41) is 8.83. The maximum atomic E-state index is 8.83. The molecule has 0 radical (unpaired) electrons. The highest BCUT2D eigenvalue weighted by atomic mass is 32.1. The number of nitriles is 1. The van der Waals surface area contributed by atoms with Crippen LogP contribution in [0.5, 0.6) is 0 Å². The molecule has 0 bridgehead atoms.